The molecular formula is C10H5F6N3. The van der Waals surface area contributed by atoms with E-state index in [1.165, 1.54) is 0 Å². The summed E-state index contributed by atoms with van der Waals surface area (Å²) in [5.74, 6) is -0.737. The summed E-state index contributed by atoms with van der Waals surface area (Å²) in [5, 5.41) is -0.533. The zero-order chi connectivity index (χ0) is 14.4. The van der Waals surface area contributed by atoms with E-state index in [1.807, 2.05) is 0 Å². The lowest BCUT2D eigenvalue weighted by Gasteiger charge is -2.11. The number of nitrogens with two attached hydrogens (primary N) is 1. The highest BCUT2D eigenvalue weighted by Gasteiger charge is 2.36. The average molecular weight is 281 g/mol. The van der Waals surface area contributed by atoms with Gasteiger partial charge in [-0.1, -0.05) is 6.07 Å². The first-order valence-corrected chi connectivity index (χ1v) is 4.81. The minimum absolute atomic E-state index is 0.503. The van der Waals surface area contributed by atoms with Crippen molar-refractivity contribution in [2.75, 3.05) is 5.73 Å². The third-order valence-electron chi connectivity index (χ3n) is 2.31. The van der Waals surface area contributed by atoms with E-state index in [0.717, 1.165) is 0 Å². The third kappa shape index (κ3) is 2.54. The first kappa shape index (κ1) is 13.4. The standard InChI is InChI=1S/C10H5F6N3/c11-9(12,13)4-1-2-5-6(3-4)18-8(17)19-7(5)10(14,15)16/h1-3H,(H2,17,18,19). The number of hydrogen-bond acceptors (Lipinski definition) is 3. The highest BCUT2D eigenvalue weighted by Crippen LogP contribution is 2.36. The van der Waals surface area contributed by atoms with Crippen LogP contribution >= 0.6 is 0 Å². The molecule has 0 atom stereocenters. The van der Waals surface area contributed by atoms with Crippen LogP contribution in [0.1, 0.15) is 11.3 Å². The molecule has 2 N–H and O–H groups in total. The van der Waals surface area contributed by atoms with E-state index < -0.39 is 40.5 Å². The zero-order valence-corrected chi connectivity index (χ0v) is 8.97. The number of aromatic nitrogens is 2. The van der Waals surface area contributed by atoms with Crippen molar-refractivity contribution in [3.63, 3.8) is 0 Å². The molecule has 0 amide bonds. The fraction of sp³-hybridized carbons (Fsp3) is 0.200. The SMILES string of the molecule is Nc1nc(C(F)(F)F)c2ccc(C(F)(F)F)cc2n1. The number of benzene rings is 1. The van der Waals surface area contributed by atoms with Gasteiger partial charge < -0.3 is 5.73 Å². The second-order valence-electron chi connectivity index (χ2n) is 3.66. The summed E-state index contributed by atoms with van der Waals surface area (Å²) in [6.45, 7) is 0. The van der Waals surface area contributed by atoms with Crippen LogP contribution in [-0.4, -0.2) is 9.97 Å². The summed E-state index contributed by atoms with van der Waals surface area (Å²) < 4.78 is 75.4. The molecule has 0 unspecified atom stereocenters. The van der Waals surface area contributed by atoms with Crippen molar-refractivity contribution >= 4 is 16.9 Å². The molecule has 0 radical (unpaired) electrons. The Bertz CT molecular complexity index is 631. The lowest BCUT2D eigenvalue weighted by molar-refractivity contribution is -0.139. The average Bonchev–Trinajstić information content (AvgIpc) is 2.24. The second-order valence-corrected chi connectivity index (χ2v) is 3.66. The molecule has 0 aliphatic heterocycles. The molecule has 1 aromatic carbocycles. The van der Waals surface area contributed by atoms with Crippen LogP contribution in [0.5, 0.6) is 0 Å². The van der Waals surface area contributed by atoms with Crippen LogP contribution in [0.15, 0.2) is 18.2 Å². The maximum absolute atomic E-state index is 12.7. The molecule has 0 aliphatic carbocycles. The Balaban J connectivity index is 2.76. The van der Waals surface area contributed by atoms with E-state index in [1.54, 1.807) is 0 Å². The Hall–Kier alpha value is -2.06. The van der Waals surface area contributed by atoms with E-state index in [4.69, 9.17) is 5.73 Å². The number of fused-ring (bicyclic) bond motifs is 1. The van der Waals surface area contributed by atoms with Crippen LogP contribution in [-0.2, 0) is 12.4 Å². The van der Waals surface area contributed by atoms with Crippen LogP contribution in [0.4, 0.5) is 32.3 Å². The number of alkyl halides is 6. The Morgan fingerprint density at radius 1 is 0.895 bits per heavy atom. The van der Waals surface area contributed by atoms with Gasteiger partial charge in [0.25, 0.3) is 0 Å². The third-order valence-corrected chi connectivity index (χ3v) is 2.31. The molecule has 0 saturated heterocycles. The molecule has 0 saturated carbocycles. The van der Waals surface area contributed by atoms with E-state index >= 15 is 0 Å². The molecule has 0 fully saturated rings. The number of nitrogen functional groups attached to an aromatic ring is 1. The molecular weight excluding hydrogens is 276 g/mol. The first-order valence-electron chi connectivity index (χ1n) is 4.81. The molecule has 19 heavy (non-hydrogen) atoms. The lowest BCUT2D eigenvalue weighted by Crippen LogP contribution is -2.12. The number of halogens is 6. The van der Waals surface area contributed by atoms with Crippen LogP contribution in [0.2, 0.25) is 0 Å². The Morgan fingerprint density at radius 2 is 1.53 bits per heavy atom. The molecule has 9 heteroatoms. The number of anilines is 1. The summed E-state index contributed by atoms with van der Waals surface area (Å²) >= 11 is 0. The van der Waals surface area contributed by atoms with Gasteiger partial charge in [-0.25, -0.2) is 9.97 Å². The van der Waals surface area contributed by atoms with Crippen molar-refractivity contribution in [3.05, 3.63) is 29.5 Å². The highest BCUT2D eigenvalue weighted by molar-refractivity contribution is 5.83. The molecule has 1 aromatic heterocycles. The van der Waals surface area contributed by atoms with Gasteiger partial charge in [-0.2, -0.15) is 26.3 Å². The predicted molar refractivity (Wildman–Crippen MR) is 54.0 cm³/mol. The molecule has 102 valence electrons. The van der Waals surface area contributed by atoms with Gasteiger partial charge in [0.2, 0.25) is 5.95 Å². The van der Waals surface area contributed by atoms with Crippen molar-refractivity contribution < 1.29 is 26.3 Å². The monoisotopic (exact) mass is 281 g/mol. The van der Waals surface area contributed by atoms with Crippen molar-refractivity contribution in [2.24, 2.45) is 0 Å². The topological polar surface area (TPSA) is 51.8 Å². The van der Waals surface area contributed by atoms with E-state index in [2.05, 4.69) is 9.97 Å². The Labute approximate surface area is 102 Å². The number of nitrogens with zero attached hydrogens (tertiary/aromatic N) is 2. The lowest BCUT2D eigenvalue weighted by atomic mass is 10.1. The molecule has 2 aromatic rings. The van der Waals surface area contributed by atoms with E-state index in [0.29, 0.717) is 18.2 Å². The number of hydrogen-bond donors (Lipinski definition) is 1. The largest absolute Gasteiger partial charge is 0.434 e. The normalized spacial score (nSPS) is 12.9. The second kappa shape index (κ2) is 3.97. The maximum atomic E-state index is 12.7. The summed E-state index contributed by atoms with van der Waals surface area (Å²) in [7, 11) is 0. The van der Waals surface area contributed by atoms with Gasteiger partial charge in [-0.15, -0.1) is 0 Å². The molecule has 3 nitrogen and oxygen atoms in total. The summed E-state index contributed by atoms with van der Waals surface area (Å²) in [6, 6.07) is 1.72. The van der Waals surface area contributed by atoms with Gasteiger partial charge in [0, 0.05) is 5.39 Å². The van der Waals surface area contributed by atoms with Crippen LogP contribution in [0.25, 0.3) is 10.9 Å². The van der Waals surface area contributed by atoms with E-state index in [-0.39, 0.29) is 0 Å². The van der Waals surface area contributed by atoms with Crippen molar-refractivity contribution in [2.45, 2.75) is 12.4 Å². The summed E-state index contributed by atoms with van der Waals surface area (Å²) in [4.78, 5) is 6.42. The van der Waals surface area contributed by atoms with Gasteiger partial charge in [0.15, 0.2) is 5.69 Å². The van der Waals surface area contributed by atoms with Gasteiger partial charge in [-0.05, 0) is 12.1 Å². The highest BCUT2D eigenvalue weighted by atomic mass is 19.4. The smallest absolute Gasteiger partial charge is 0.368 e. The van der Waals surface area contributed by atoms with Gasteiger partial charge >= 0.3 is 12.4 Å². The maximum Gasteiger partial charge on any atom is 0.434 e. The summed E-state index contributed by atoms with van der Waals surface area (Å²) in [5.41, 5.74) is 2.11. The Morgan fingerprint density at radius 3 is 2.05 bits per heavy atom. The zero-order valence-electron chi connectivity index (χ0n) is 8.97. The number of rotatable bonds is 0. The van der Waals surface area contributed by atoms with Crippen LogP contribution in [0, 0.1) is 0 Å². The molecule has 0 spiro atoms. The molecule has 1 heterocycles. The quantitative estimate of drug-likeness (QED) is 0.754. The minimum atomic E-state index is -4.82. The molecule has 2 rings (SSSR count). The summed E-state index contributed by atoms with van der Waals surface area (Å²) in [6.07, 6.45) is -9.50. The van der Waals surface area contributed by atoms with Gasteiger partial charge in [0.05, 0.1) is 11.1 Å². The van der Waals surface area contributed by atoms with E-state index in [9.17, 15) is 26.3 Å². The van der Waals surface area contributed by atoms with Gasteiger partial charge in [-0.3, -0.25) is 0 Å². The van der Waals surface area contributed by atoms with Crippen LogP contribution in [0.3, 0.4) is 0 Å². The van der Waals surface area contributed by atoms with Crippen LogP contribution < -0.4 is 5.73 Å². The minimum Gasteiger partial charge on any atom is -0.368 e. The predicted octanol–water partition coefficient (Wildman–Crippen LogP) is 3.25. The van der Waals surface area contributed by atoms with Crippen molar-refractivity contribution in [1.29, 1.82) is 0 Å². The fourth-order valence-corrected chi connectivity index (χ4v) is 1.54. The fourth-order valence-electron chi connectivity index (χ4n) is 1.54. The molecule has 0 aliphatic rings. The van der Waals surface area contributed by atoms with Crippen molar-refractivity contribution in [3.8, 4) is 0 Å². The first-order chi connectivity index (χ1) is 8.59. The van der Waals surface area contributed by atoms with Gasteiger partial charge in [0.1, 0.15) is 0 Å². The molecule has 0 bridgehead atoms. The Kier molecular flexibility index (Phi) is 2.79. The van der Waals surface area contributed by atoms with Crippen molar-refractivity contribution in [1.82, 2.24) is 9.97 Å².